The van der Waals surface area contributed by atoms with Gasteiger partial charge >= 0.3 is 0 Å². The maximum absolute atomic E-state index is 10.8. The van der Waals surface area contributed by atoms with Gasteiger partial charge in [-0.25, -0.2) is 4.98 Å². The predicted octanol–water partition coefficient (Wildman–Crippen LogP) is 2.39. The monoisotopic (exact) mass is 250 g/mol. The molecular formula is C12H14N2O2S. The van der Waals surface area contributed by atoms with E-state index in [9.17, 15) is 4.79 Å². The molecule has 0 saturated heterocycles. The summed E-state index contributed by atoms with van der Waals surface area (Å²) in [5, 5.41) is 4.74. The minimum absolute atomic E-state index is 0.0235. The van der Waals surface area contributed by atoms with Gasteiger partial charge in [-0.3, -0.25) is 4.79 Å². The first-order valence-corrected chi connectivity index (χ1v) is 6.29. The molecule has 2 aromatic heterocycles. The van der Waals surface area contributed by atoms with E-state index >= 15 is 0 Å². The number of nitrogens with one attached hydrogen (secondary N) is 1. The first-order valence-electron chi connectivity index (χ1n) is 5.41. The molecular weight excluding hydrogens is 236 g/mol. The SMILES string of the molecule is CC(=O)NCCc1nc(-c2cccs2)oc1C. The lowest BCUT2D eigenvalue weighted by Gasteiger charge is -1.98. The van der Waals surface area contributed by atoms with Crippen molar-refractivity contribution in [2.45, 2.75) is 20.3 Å². The van der Waals surface area contributed by atoms with Crippen LogP contribution in [0.1, 0.15) is 18.4 Å². The third kappa shape index (κ3) is 2.94. The molecule has 5 heteroatoms. The van der Waals surface area contributed by atoms with Crippen LogP contribution in [0.2, 0.25) is 0 Å². The van der Waals surface area contributed by atoms with Gasteiger partial charge in [-0.15, -0.1) is 11.3 Å². The molecule has 0 saturated carbocycles. The summed E-state index contributed by atoms with van der Waals surface area (Å²) in [7, 11) is 0. The number of aryl methyl sites for hydroxylation is 1. The van der Waals surface area contributed by atoms with Gasteiger partial charge in [0.2, 0.25) is 11.8 Å². The van der Waals surface area contributed by atoms with Crippen LogP contribution >= 0.6 is 11.3 Å². The maximum Gasteiger partial charge on any atom is 0.236 e. The highest BCUT2D eigenvalue weighted by Crippen LogP contribution is 2.25. The highest BCUT2D eigenvalue weighted by atomic mass is 32.1. The Labute approximate surface area is 104 Å². The fourth-order valence-electron chi connectivity index (χ4n) is 1.52. The van der Waals surface area contributed by atoms with Gasteiger partial charge < -0.3 is 9.73 Å². The van der Waals surface area contributed by atoms with E-state index in [1.807, 2.05) is 24.4 Å². The molecule has 17 heavy (non-hydrogen) atoms. The molecule has 4 nitrogen and oxygen atoms in total. The van der Waals surface area contributed by atoms with Gasteiger partial charge in [0.05, 0.1) is 10.6 Å². The summed E-state index contributed by atoms with van der Waals surface area (Å²) in [6.45, 7) is 3.99. The standard InChI is InChI=1S/C12H14N2O2S/c1-8-10(5-6-13-9(2)15)14-12(16-8)11-4-3-7-17-11/h3-4,7H,5-6H2,1-2H3,(H,13,15). The van der Waals surface area contributed by atoms with Crippen LogP contribution in [-0.2, 0) is 11.2 Å². The lowest BCUT2D eigenvalue weighted by molar-refractivity contribution is -0.118. The Morgan fingerprint density at radius 2 is 2.41 bits per heavy atom. The molecule has 0 atom stereocenters. The van der Waals surface area contributed by atoms with Crippen molar-refractivity contribution in [1.82, 2.24) is 10.3 Å². The van der Waals surface area contributed by atoms with Crippen LogP contribution < -0.4 is 5.32 Å². The third-order valence-electron chi connectivity index (χ3n) is 2.36. The average molecular weight is 250 g/mol. The second-order valence-electron chi connectivity index (χ2n) is 3.73. The Kier molecular flexibility index (Phi) is 3.58. The Morgan fingerprint density at radius 3 is 3.06 bits per heavy atom. The zero-order valence-corrected chi connectivity index (χ0v) is 10.6. The van der Waals surface area contributed by atoms with Crippen molar-refractivity contribution in [3.05, 3.63) is 29.0 Å². The van der Waals surface area contributed by atoms with Crippen LogP contribution in [0, 0.1) is 6.92 Å². The summed E-state index contributed by atoms with van der Waals surface area (Å²) < 4.78 is 5.60. The predicted molar refractivity (Wildman–Crippen MR) is 66.9 cm³/mol. The fraction of sp³-hybridized carbons (Fsp3) is 0.333. The van der Waals surface area contributed by atoms with E-state index in [0.29, 0.717) is 18.9 Å². The number of amides is 1. The lowest BCUT2D eigenvalue weighted by Crippen LogP contribution is -2.22. The van der Waals surface area contributed by atoms with Gasteiger partial charge in [0.15, 0.2) is 0 Å². The average Bonchev–Trinajstić information content (AvgIpc) is 2.87. The fourth-order valence-corrected chi connectivity index (χ4v) is 2.17. The van der Waals surface area contributed by atoms with Gasteiger partial charge in [-0.1, -0.05) is 6.07 Å². The Morgan fingerprint density at radius 1 is 1.59 bits per heavy atom. The summed E-state index contributed by atoms with van der Waals surface area (Å²) in [5.41, 5.74) is 0.905. The van der Waals surface area contributed by atoms with Crippen LogP contribution in [0.5, 0.6) is 0 Å². The van der Waals surface area contributed by atoms with E-state index in [-0.39, 0.29) is 5.91 Å². The van der Waals surface area contributed by atoms with Gasteiger partial charge in [-0.05, 0) is 18.4 Å². The van der Waals surface area contributed by atoms with Crippen molar-refractivity contribution < 1.29 is 9.21 Å². The molecule has 0 aliphatic rings. The Hall–Kier alpha value is -1.62. The molecule has 0 unspecified atom stereocenters. The Bertz CT molecular complexity index is 503. The van der Waals surface area contributed by atoms with Gasteiger partial charge in [0.25, 0.3) is 0 Å². The number of aromatic nitrogens is 1. The quantitative estimate of drug-likeness (QED) is 0.906. The van der Waals surface area contributed by atoms with Crippen molar-refractivity contribution in [1.29, 1.82) is 0 Å². The molecule has 90 valence electrons. The number of rotatable bonds is 4. The highest BCUT2D eigenvalue weighted by Gasteiger charge is 2.11. The number of nitrogens with zero attached hydrogens (tertiary/aromatic N) is 1. The summed E-state index contributed by atoms with van der Waals surface area (Å²) in [6.07, 6.45) is 0.695. The molecule has 0 aromatic carbocycles. The minimum Gasteiger partial charge on any atom is -0.440 e. The number of carbonyl (C=O) groups is 1. The zero-order valence-electron chi connectivity index (χ0n) is 9.82. The number of oxazole rings is 1. The van der Waals surface area contributed by atoms with E-state index in [1.54, 1.807) is 11.3 Å². The summed E-state index contributed by atoms with van der Waals surface area (Å²) >= 11 is 1.60. The number of carbonyl (C=O) groups excluding carboxylic acids is 1. The molecule has 0 aliphatic heterocycles. The van der Waals surface area contributed by atoms with Gasteiger partial charge in [0, 0.05) is 19.9 Å². The van der Waals surface area contributed by atoms with Gasteiger partial charge in [-0.2, -0.15) is 0 Å². The molecule has 0 bridgehead atoms. The van der Waals surface area contributed by atoms with Gasteiger partial charge in [0.1, 0.15) is 5.76 Å². The Balaban J connectivity index is 2.06. The summed E-state index contributed by atoms with van der Waals surface area (Å²) in [4.78, 5) is 16.2. The second-order valence-corrected chi connectivity index (χ2v) is 4.68. The minimum atomic E-state index is -0.0235. The van der Waals surface area contributed by atoms with E-state index in [2.05, 4.69) is 10.3 Å². The summed E-state index contributed by atoms with van der Waals surface area (Å²) in [5.74, 6) is 1.46. The van der Waals surface area contributed by atoms with Crippen LogP contribution in [0.15, 0.2) is 21.9 Å². The second kappa shape index (κ2) is 5.14. The van der Waals surface area contributed by atoms with Crippen molar-refractivity contribution in [3.8, 4) is 10.8 Å². The smallest absolute Gasteiger partial charge is 0.236 e. The third-order valence-corrected chi connectivity index (χ3v) is 3.22. The first-order chi connectivity index (χ1) is 8.16. The van der Waals surface area contributed by atoms with Crippen LogP contribution in [0.25, 0.3) is 10.8 Å². The molecule has 1 amide bonds. The zero-order chi connectivity index (χ0) is 12.3. The molecule has 2 aromatic rings. The lowest BCUT2D eigenvalue weighted by atomic mass is 10.3. The van der Waals surface area contributed by atoms with Crippen molar-refractivity contribution >= 4 is 17.2 Å². The van der Waals surface area contributed by atoms with E-state index < -0.39 is 0 Å². The number of hydrogen-bond acceptors (Lipinski definition) is 4. The molecule has 1 N–H and O–H groups in total. The molecule has 0 fully saturated rings. The number of hydrogen-bond donors (Lipinski definition) is 1. The van der Waals surface area contributed by atoms with E-state index in [0.717, 1.165) is 16.3 Å². The largest absolute Gasteiger partial charge is 0.440 e. The van der Waals surface area contributed by atoms with E-state index in [1.165, 1.54) is 6.92 Å². The van der Waals surface area contributed by atoms with Crippen LogP contribution in [0.4, 0.5) is 0 Å². The molecule has 0 aliphatic carbocycles. The molecule has 0 radical (unpaired) electrons. The van der Waals surface area contributed by atoms with Crippen molar-refractivity contribution in [2.24, 2.45) is 0 Å². The summed E-state index contributed by atoms with van der Waals surface area (Å²) in [6, 6.07) is 3.95. The molecule has 2 heterocycles. The first kappa shape index (κ1) is 11.9. The van der Waals surface area contributed by atoms with Crippen molar-refractivity contribution in [3.63, 3.8) is 0 Å². The normalized spacial score (nSPS) is 10.5. The molecule has 0 spiro atoms. The van der Waals surface area contributed by atoms with Crippen LogP contribution in [0.3, 0.4) is 0 Å². The highest BCUT2D eigenvalue weighted by molar-refractivity contribution is 7.13. The van der Waals surface area contributed by atoms with Crippen molar-refractivity contribution in [2.75, 3.05) is 6.54 Å². The van der Waals surface area contributed by atoms with E-state index in [4.69, 9.17) is 4.42 Å². The maximum atomic E-state index is 10.8. The molecule has 2 rings (SSSR count). The number of thiophene rings is 1. The topological polar surface area (TPSA) is 55.1 Å². The van der Waals surface area contributed by atoms with Crippen LogP contribution in [-0.4, -0.2) is 17.4 Å².